The number of carbonyl (C=O) groups is 2. The number of esters is 1. The van der Waals surface area contributed by atoms with Crippen molar-refractivity contribution in [3.63, 3.8) is 0 Å². The summed E-state index contributed by atoms with van der Waals surface area (Å²) in [4.78, 5) is 32.2. The molecule has 2 aromatic rings. The molecule has 8 heteroatoms. The Labute approximate surface area is 137 Å². The van der Waals surface area contributed by atoms with Gasteiger partial charge in [-0.25, -0.2) is 14.8 Å². The Hall–Kier alpha value is -2.48. The lowest BCUT2D eigenvalue weighted by Gasteiger charge is -2.20. The van der Waals surface area contributed by atoms with Crippen LogP contribution in [0.2, 0.25) is 0 Å². The van der Waals surface area contributed by atoms with Crippen LogP contribution in [-0.4, -0.2) is 34.6 Å². The number of hydrogen-bond acceptors (Lipinski definition) is 7. The van der Waals surface area contributed by atoms with E-state index < -0.39 is 17.5 Å². The van der Waals surface area contributed by atoms with Gasteiger partial charge in [0.1, 0.15) is 11.3 Å². The molecule has 0 aromatic carbocycles. The normalized spacial score (nSPS) is 11.0. The van der Waals surface area contributed by atoms with E-state index >= 15 is 0 Å². The first-order valence-electron chi connectivity index (χ1n) is 6.79. The first-order valence-corrected chi connectivity index (χ1v) is 7.67. The van der Waals surface area contributed by atoms with Gasteiger partial charge in [-0.1, -0.05) is 6.07 Å². The summed E-state index contributed by atoms with van der Waals surface area (Å²) < 4.78 is 10.3. The molecule has 0 aliphatic carbocycles. The Morgan fingerprint density at radius 3 is 2.65 bits per heavy atom. The maximum Gasteiger partial charge on any atom is 0.351 e. The summed E-state index contributed by atoms with van der Waals surface area (Å²) in [5.74, 6) is -0.548. The fourth-order valence-electron chi connectivity index (χ4n) is 1.66. The van der Waals surface area contributed by atoms with Gasteiger partial charge in [0, 0.05) is 6.07 Å². The van der Waals surface area contributed by atoms with Crippen LogP contribution in [0.25, 0.3) is 0 Å². The van der Waals surface area contributed by atoms with Gasteiger partial charge in [-0.05, 0) is 26.8 Å². The highest BCUT2D eigenvalue weighted by Crippen LogP contribution is 2.21. The summed E-state index contributed by atoms with van der Waals surface area (Å²) >= 11 is 1.08. The van der Waals surface area contributed by atoms with Crippen LogP contribution < -0.4 is 10.1 Å². The lowest BCUT2D eigenvalue weighted by Crippen LogP contribution is -2.24. The average Bonchev–Trinajstić information content (AvgIpc) is 2.93. The Morgan fingerprint density at radius 1 is 1.26 bits per heavy atom. The second kappa shape index (κ2) is 6.74. The standard InChI is InChI=1S/C15H17N3O4S/c1-15(2,3)22-10-7-5-6-9(17-10)13(19)18-12-11(14(20)21-4)23-8-16-12/h5-8H,1-4H3,(H,18,19). The van der Waals surface area contributed by atoms with E-state index in [4.69, 9.17) is 4.74 Å². The molecule has 0 radical (unpaired) electrons. The molecule has 2 heterocycles. The van der Waals surface area contributed by atoms with Crippen LogP contribution in [0.4, 0.5) is 5.82 Å². The van der Waals surface area contributed by atoms with Crippen LogP contribution in [0.15, 0.2) is 23.7 Å². The topological polar surface area (TPSA) is 90.4 Å². The molecule has 0 saturated heterocycles. The minimum atomic E-state index is -0.555. The molecule has 122 valence electrons. The number of anilines is 1. The molecule has 0 spiro atoms. The Bertz CT molecular complexity index is 722. The van der Waals surface area contributed by atoms with Crippen molar-refractivity contribution in [2.45, 2.75) is 26.4 Å². The predicted molar refractivity (Wildman–Crippen MR) is 86.0 cm³/mol. The third-order valence-corrected chi connectivity index (χ3v) is 3.34. The van der Waals surface area contributed by atoms with Gasteiger partial charge >= 0.3 is 5.97 Å². The molecule has 0 bridgehead atoms. The molecule has 7 nitrogen and oxygen atoms in total. The molecule has 0 aliphatic rings. The molecule has 0 unspecified atom stereocenters. The lowest BCUT2D eigenvalue weighted by molar-refractivity contribution is 0.0607. The maximum atomic E-state index is 12.3. The zero-order valence-corrected chi connectivity index (χ0v) is 14.1. The number of hydrogen-bond donors (Lipinski definition) is 1. The number of methoxy groups -OCH3 is 1. The van der Waals surface area contributed by atoms with Gasteiger partial charge in [0.15, 0.2) is 10.7 Å². The molecule has 1 N–H and O–H groups in total. The van der Waals surface area contributed by atoms with Crippen molar-refractivity contribution in [2.24, 2.45) is 0 Å². The lowest BCUT2D eigenvalue weighted by atomic mass is 10.2. The summed E-state index contributed by atoms with van der Waals surface area (Å²) in [6.07, 6.45) is 0. The highest BCUT2D eigenvalue weighted by atomic mass is 32.1. The fraction of sp³-hybridized carbons (Fsp3) is 0.333. The molecular formula is C15H17N3O4S. The second-order valence-corrected chi connectivity index (χ2v) is 6.41. The van der Waals surface area contributed by atoms with Gasteiger partial charge in [-0.15, -0.1) is 11.3 Å². The minimum Gasteiger partial charge on any atom is -0.472 e. The average molecular weight is 335 g/mol. The second-order valence-electron chi connectivity index (χ2n) is 5.55. The first kappa shape index (κ1) is 16.9. The molecule has 2 aromatic heterocycles. The Balaban J connectivity index is 2.17. The van der Waals surface area contributed by atoms with E-state index in [1.807, 2.05) is 20.8 Å². The highest BCUT2D eigenvalue weighted by molar-refractivity contribution is 7.12. The van der Waals surface area contributed by atoms with Crippen LogP contribution in [0.3, 0.4) is 0 Å². The maximum absolute atomic E-state index is 12.3. The zero-order valence-electron chi connectivity index (χ0n) is 13.2. The molecule has 0 aliphatic heterocycles. The SMILES string of the molecule is COC(=O)c1scnc1NC(=O)c1cccc(OC(C)(C)C)n1. The molecule has 23 heavy (non-hydrogen) atoms. The predicted octanol–water partition coefficient (Wildman–Crippen LogP) is 2.75. The van der Waals surface area contributed by atoms with Crippen molar-refractivity contribution in [3.8, 4) is 5.88 Å². The monoisotopic (exact) mass is 335 g/mol. The van der Waals surface area contributed by atoms with Gasteiger partial charge in [0.2, 0.25) is 5.88 Å². The van der Waals surface area contributed by atoms with Crippen molar-refractivity contribution in [2.75, 3.05) is 12.4 Å². The summed E-state index contributed by atoms with van der Waals surface area (Å²) in [5.41, 5.74) is 1.19. The summed E-state index contributed by atoms with van der Waals surface area (Å²) in [5, 5.41) is 2.55. The number of ether oxygens (including phenoxy) is 2. The molecule has 1 amide bonds. The van der Waals surface area contributed by atoms with E-state index in [1.165, 1.54) is 12.6 Å². The summed E-state index contributed by atoms with van der Waals surface area (Å²) in [6, 6.07) is 4.89. The third-order valence-electron chi connectivity index (χ3n) is 2.54. The van der Waals surface area contributed by atoms with Crippen LogP contribution in [-0.2, 0) is 4.74 Å². The van der Waals surface area contributed by atoms with Crippen molar-refractivity contribution in [1.82, 2.24) is 9.97 Å². The fourth-order valence-corrected chi connectivity index (χ4v) is 2.31. The van der Waals surface area contributed by atoms with E-state index in [0.29, 0.717) is 5.88 Å². The van der Waals surface area contributed by atoms with Gasteiger partial charge in [-0.2, -0.15) is 0 Å². The van der Waals surface area contributed by atoms with E-state index in [-0.39, 0.29) is 16.4 Å². The number of nitrogens with zero attached hydrogens (tertiary/aromatic N) is 2. The molecule has 2 rings (SSSR count). The Kier molecular flexibility index (Phi) is 4.95. The molecule has 0 atom stereocenters. The van der Waals surface area contributed by atoms with E-state index in [2.05, 4.69) is 20.0 Å². The Morgan fingerprint density at radius 2 is 2.00 bits per heavy atom. The van der Waals surface area contributed by atoms with Crippen LogP contribution in [0.1, 0.15) is 40.9 Å². The van der Waals surface area contributed by atoms with Crippen molar-refractivity contribution < 1.29 is 19.1 Å². The van der Waals surface area contributed by atoms with Crippen LogP contribution in [0.5, 0.6) is 5.88 Å². The van der Waals surface area contributed by atoms with Gasteiger partial charge in [0.25, 0.3) is 5.91 Å². The third kappa shape index (κ3) is 4.49. The number of amides is 1. The van der Waals surface area contributed by atoms with Crippen molar-refractivity contribution >= 4 is 29.0 Å². The quantitative estimate of drug-likeness (QED) is 0.864. The zero-order chi connectivity index (χ0) is 17.0. The van der Waals surface area contributed by atoms with Gasteiger partial charge in [0.05, 0.1) is 12.6 Å². The minimum absolute atomic E-state index is 0.149. The first-order chi connectivity index (χ1) is 10.8. The number of carbonyl (C=O) groups excluding carboxylic acids is 2. The van der Waals surface area contributed by atoms with E-state index in [1.54, 1.807) is 18.2 Å². The number of nitrogens with one attached hydrogen (secondary N) is 1. The molecular weight excluding hydrogens is 318 g/mol. The summed E-state index contributed by atoms with van der Waals surface area (Å²) in [6.45, 7) is 5.66. The number of pyridine rings is 1. The number of rotatable bonds is 4. The van der Waals surface area contributed by atoms with Gasteiger partial charge < -0.3 is 14.8 Å². The molecule has 0 fully saturated rings. The van der Waals surface area contributed by atoms with Crippen molar-refractivity contribution in [3.05, 3.63) is 34.3 Å². The summed E-state index contributed by atoms with van der Waals surface area (Å²) in [7, 11) is 1.27. The van der Waals surface area contributed by atoms with Gasteiger partial charge in [-0.3, -0.25) is 4.79 Å². The van der Waals surface area contributed by atoms with Crippen LogP contribution in [0, 0.1) is 0 Å². The highest BCUT2D eigenvalue weighted by Gasteiger charge is 2.19. The van der Waals surface area contributed by atoms with E-state index in [9.17, 15) is 9.59 Å². The number of aromatic nitrogens is 2. The van der Waals surface area contributed by atoms with E-state index in [0.717, 1.165) is 11.3 Å². The van der Waals surface area contributed by atoms with Crippen LogP contribution >= 0.6 is 11.3 Å². The smallest absolute Gasteiger partial charge is 0.351 e. The number of thiazole rings is 1. The molecule has 0 saturated carbocycles. The van der Waals surface area contributed by atoms with Crippen molar-refractivity contribution in [1.29, 1.82) is 0 Å². The largest absolute Gasteiger partial charge is 0.472 e.